The molecule has 2 rings (SSSR count). The van der Waals surface area contributed by atoms with E-state index in [9.17, 15) is 4.39 Å². The summed E-state index contributed by atoms with van der Waals surface area (Å²) in [7, 11) is 1.95. The Morgan fingerprint density at radius 2 is 2.00 bits per heavy atom. The first kappa shape index (κ1) is 14.5. The molecule has 0 saturated heterocycles. The van der Waals surface area contributed by atoms with E-state index in [1.54, 1.807) is 6.07 Å². The fourth-order valence-corrected chi connectivity index (χ4v) is 2.33. The summed E-state index contributed by atoms with van der Waals surface area (Å²) in [6, 6.07) is 12.5. The van der Waals surface area contributed by atoms with E-state index in [-0.39, 0.29) is 5.82 Å². The van der Waals surface area contributed by atoms with Crippen molar-refractivity contribution in [3.05, 3.63) is 65.0 Å². The van der Waals surface area contributed by atoms with E-state index in [0.717, 1.165) is 22.4 Å². The van der Waals surface area contributed by atoms with Gasteiger partial charge in [0, 0.05) is 24.8 Å². The number of anilines is 1. The molecule has 0 aromatic heterocycles. The van der Waals surface area contributed by atoms with E-state index in [1.807, 2.05) is 43.1 Å². The second-order valence-electron chi connectivity index (χ2n) is 4.87. The van der Waals surface area contributed by atoms with Crippen LogP contribution < -0.4 is 10.6 Å². The normalized spacial score (nSPS) is 10.3. The van der Waals surface area contributed by atoms with Gasteiger partial charge in [0.1, 0.15) is 10.8 Å². The van der Waals surface area contributed by atoms with Crippen LogP contribution >= 0.6 is 12.2 Å². The van der Waals surface area contributed by atoms with Gasteiger partial charge in [0.05, 0.1) is 0 Å². The fraction of sp³-hybridized carbons (Fsp3) is 0.188. The van der Waals surface area contributed by atoms with Gasteiger partial charge in [-0.05, 0) is 42.3 Å². The third kappa shape index (κ3) is 3.33. The van der Waals surface area contributed by atoms with Gasteiger partial charge in [-0.3, -0.25) is 0 Å². The minimum Gasteiger partial charge on any atom is -0.389 e. The smallest absolute Gasteiger partial charge is 0.123 e. The summed E-state index contributed by atoms with van der Waals surface area (Å²) in [5.74, 6) is -0.227. The highest BCUT2D eigenvalue weighted by atomic mass is 32.1. The lowest BCUT2D eigenvalue weighted by Crippen LogP contribution is -2.21. The van der Waals surface area contributed by atoms with Crippen LogP contribution in [0, 0.1) is 12.7 Å². The third-order valence-corrected chi connectivity index (χ3v) is 3.36. The van der Waals surface area contributed by atoms with E-state index in [1.165, 1.54) is 12.1 Å². The number of rotatable bonds is 4. The molecule has 0 fully saturated rings. The predicted molar refractivity (Wildman–Crippen MR) is 85.6 cm³/mol. The van der Waals surface area contributed by atoms with Gasteiger partial charge in [0.15, 0.2) is 0 Å². The van der Waals surface area contributed by atoms with Crippen molar-refractivity contribution < 1.29 is 4.39 Å². The second kappa shape index (κ2) is 6.01. The molecule has 0 aliphatic heterocycles. The molecular weight excluding hydrogens is 271 g/mol. The van der Waals surface area contributed by atoms with E-state index in [4.69, 9.17) is 18.0 Å². The maximum atomic E-state index is 13.2. The molecular formula is C16H17FN2S. The van der Waals surface area contributed by atoms with Crippen LogP contribution in [-0.2, 0) is 6.54 Å². The largest absolute Gasteiger partial charge is 0.389 e. The zero-order valence-electron chi connectivity index (χ0n) is 11.6. The molecule has 0 saturated carbocycles. The Kier molecular flexibility index (Phi) is 4.35. The summed E-state index contributed by atoms with van der Waals surface area (Å²) in [6.45, 7) is 2.61. The van der Waals surface area contributed by atoms with Gasteiger partial charge in [0.25, 0.3) is 0 Å². The van der Waals surface area contributed by atoms with Crippen LogP contribution in [0.1, 0.15) is 16.7 Å². The van der Waals surface area contributed by atoms with Crippen molar-refractivity contribution in [3.8, 4) is 0 Å². The van der Waals surface area contributed by atoms with E-state index in [2.05, 4.69) is 0 Å². The molecule has 2 N–H and O–H groups in total. The molecule has 0 unspecified atom stereocenters. The Bertz CT molecular complexity index is 640. The highest BCUT2D eigenvalue weighted by Gasteiger charge is 2.10. The van der Waals surface area contributed by atoms with Gasteiger partial charge >= 0.3 is 0 Å². The van der Waals surface area contributed by atoms with Crippen molar-refractivity contribution in [1.29, 1.82) is 0 Å². The molecule has 0 heterocycles. The van der Waals surface area contributed by atoms with Crippen molar-refractivity contribution in [3.63, 3.8) is 0 Å². The molecule has 0 bridgehead atoms. The Morgan fingerprint density at radius 1 is 1.25 bits per heavy atom. The van der Waals surface area contributed by atoms with E-state index in [0.29, 0.717) is 11.5 Å². The van der Waals surface area contributed by atoms with Gasteiger partial charge in [-0.25, -0.2) is 4.39 Å². The molecule has 0 aliphatic carbocycles. The second-order valence-corrected chi connectivity index (χ2v) is 5.31. The average Bonchev–Trinajstić information content (AvgIpc) is 2.38. The topological polar surface area (TPSA) is 29.3 Å². The molecule has 20 heavy (non-hydrogen) atoms. The standard InChI is InChI=1S/C16H17FN2S/c1-11-6-7-14(16(18)20)15(8-11)19(2)10-12-4-3-5-13(17)9-12/h3-9H,10H2,1-2H3,(H2,18,20). The quantitative estimate of drug-likeness (QED) is 0.874. The SMILES string of the molecule is Cc1ccc(C(N)=S)c(N(C)Cc2cccc(F)c2)c1. The maximum absolute atomic E-state index is 13.2. The van der Waals surface area contributed by atoms with Crippen LogP contribution in [-0.4, -0.2) is 12.0 Å². The molecule has 2 aromatic rings. The van der Waals surface area contributed by atoms with Gasteiger partial charge in [-0.2, -0.15) is 0 Å². The average molecular weight is 288 g/mol. The summed E-state index contributed by atoms with van der Waals surface area (Å²) in [6.07, 6.45) is 0. The molecule has 104 valence electrons. The van der Waals surface area contributed by atoms with Crippen molar-refractivity contribution in [2.24, 2.45) is 5.73 Å². The maximum Gasteiger partial charge on any atom is 0.123 e. The van der Waals surface area contributed by atoms with Crippen LogP contribution in [0.5, 0.6) is 0 Å². The summed E-state index contributed by atoms with van der Waals surface area (Å²) in [5, 5.41) is 0. The first-order chi connectivity index (χ1) is 9.47. The lowest BCUT2D eigenvalue weighted by molar-refractivity contribution is 0.625. The Labute approximate surface area is 124 Å². The first-order valence-corrected chi connectivity index (χ1v) is 6.74. The van der Waals surface area contributed by atoms with Crippen LogP contribution in [0.3, 0.4) is 0 Å². The van der Waals surface area contributed by atoms with Crippen LogP contribution in [0.15, 0.2) is 42.5 Å². The van der Waals surface area contributed by atoms with Gasteiger partial charge in [-0.15, -0.1) is 0 Å². The highest BCUT2D eigenvalue weighted by Crippen LogP contribution is 2.23. The van der Waals surface area contributed by atoms with Gasteiger partial charge in [-0.1, -0.05) is 30.4 Å². The van der Waals surface area contributed by atoms with Crippen molar-refractivity contribution in [2.75, 3.05) is 11.9 Å². The third-order valence-electron chi connectivity index (χ3n) is 3.14. The molecule has 2 nitrogen and oxygen atoms in total. The minimum absolute atomic E-state index is 0.227. The summed E-state index contributed by atoms with van der Waals surface area (Å²) in [4.78, 5) is 2.39. The Balaban J connectivity index is 2.31. The Hall–Kier alpha value is -1.94. The number of thiocarbonyl (C=S) groups is 1. The molecule has 0 spiro atoms. The minimum atomic E-state index is -0.227. The predicted octanol–water partition coefficient (Wildman–Crippen LogP) is 3.40. The molecule has 0 amide bonds. The highest BCUT2D eigenvalue weighted by molar-refractivity contribution is 7.80. The van der Waals surface area contributed by atoms with Gasteiger partial charge < -0.3 is 10.6 Å². The number of benzene rings is 2. The zero-order valence-corrected chi connectivity index (χ0v) is 12.4. The number of aryl methyl sites for hydroxylation is 1. The fourth-order valence-electron chi connectivity index (χ4n) is 2.16. The van der Waals surface area contributed by atoms with Crippen LogP contribution in [0.25, 0.3) is 0 Å². The van der Waals surface area contributed by atoms with Gasteiger partial charge in [0.2, 0.25) is 0 Å². The number of nitrogens with two attached hydrogens (primary N) is 1. The van der Waals surface area contributed by atoms with Crippen molar-refractivity contribution in [1.82, 2.24) is 0 Å². The first-order valence-electron chi connectivity index (χ1n) is 6.33. The number of halogens is 1. The molecule has 0 atom stereocenters. The molecule has 2 aromatic carbocycles. The monoisotopic (exact) mass is 288 g/mol. The molecule has 0 aliphatic rings. The Morgan fingerprint density at radius 3 is 2.65 bits per heavy atom. The number of hydrogen-bond acceptors (Lipinski definition) is 2. The van der Waals surface area contributed by atoms with Crippen molar-refractivity contribution in [2.45, 2.75) is 13.5 Å². The summed E-state index contributed by atoms with van der Waals surface area (Å²) >= 11 is 5.09. The van der Waals surface area contributed by atoms with E-state index >= 15 is 0 Å². The van der Waals surface area contributed by atoms with Crippen LogP contribution in [0.4, 0.5) is 10.1 Å². The molecule has 4 heteroatoms. The zero-order chi connectivity index (χ0) is 14.7. The molecule has 0 radical (unpaired) electrons. The number of nitrogens with zero attached hydrogens (tertiary/aromatic N) is 1. The number of hydrogen-bond donors (Lipinski definition) is 1. The summed E-state index contributed by atoms with van der Waals surface area (Å²) in [5.41, 5.74) is 9.60. The lowest BCUT2D eigenvalue weighted by atomic mass is 10.1. The van der Waals surface area contributed by atoms with E-state index < -0.39 is 0 Å². The summed E-state index contributed by atoms with van der Waals surface area (Å²) < 4.78 is 13.2. The van der Waals surface area contributed by atoms with Crippen molar-refractivity contribution >= 4 is 22.9 Å². The van der Waals surface area contributed by atoms with Crippen LogP contribution in [0.2, 0.25) is 0 Å². The lowest BCUT2D eigenvalue weighted by Gasteiger charge is -2.23.